The fourth-order valence-electron chi connectivity index (χ4n) is 2.61. The molecule has 1 aliphatic rings. The molecule has 1 unspecified atom stereocenters. The first-order valence-corrected chi connectivity index (χ1v) is 7.44. The van der Waals surface area contributed by atoms with Gasteiger partial charge in [0.25, 0.3) is 0 Å². The zero-order chi connectivity index (χ0) is 15.5. The summed E-state index contributed by atoms with van der Waals surface area (Å²) in [7, 11) is 1.64. The molecule has 3 rings (SSSR count). The maximum Gasteiger partial charge on any atom is 0.159 e. The summed E-state index contributed by atoms with van der Waals surface area (Å²) in [6.07, 6.45) is 3.91. The SMILES string of the molecule is COc1ccc(C2CC(=O)C=CN2c2ccc(Cl)cc2)cc1. The van der Waals surface area contributed by atoms with Crippen molar-refractivity contribution in [3.63, 3.8) is 0 Å². The Balaban J connectivity index is 1.96. The average molecular weight is 314 g/mol. The molecule has 4 heteroatoms. The topological polar surface area (TPSA) is 29.5 Å². The van der Waals surface area contributed by atoms with E-state index in [1.165, 1.54) is 0 Å². The van der Waals surface area contributed by atoms with Crippen molar-refractivity contribution < 1.29 is 9.53 Å². The monoisotopic (exact) mass is 313 g/mol. The molecular weight excluding hydrogens is 298 g/mol. The Morgan fingerprint density at radius 2 is 1.77 bits per heavy atom. The number of methoxy groups -OCH3 is 1. The molecule has 0 saturated carbocycles. The average Bonchev–Trinajstić information content (AvgIpc) is 2.56. The summed E-state index contributed by atoms with van der Waals surface area (Å²) in [6, 6.07) is 15.4. The second kappa shape index (κ2) is 6.24. The molecule has 0 bridgehead atoms. The third-order valence-electron chi connectivity index (χ3n) is 3.78. The van der Waals surface area contributed by atoms with Gasteiger partial charge in [-0.1, -0.05) is 23.7 Å². The van der Waals surface area contributed by atoms with E-state index in [-0.39, 0.29) is 11.8 Å². The van der Waals surface area contributed by atoms with Crippen LogP contribution in [0.1, 0.15) is 18.0 Å². The number of hydrogen-bond acceptors (Lipinski definition) is 3. The molecule has 3 nitrogen and oxygen atoms in total. The highest BCUT2D eigenvalue weighted by atomic mass is 35.5. The molecule has 22 heavy (non-hydrogen) atoms. The van der Waals surface area contributed by atoms with Crippen LogP contribution in [-0.4, -0.2) is 12.9 Å². The summed E-state index contributed by atoms with van der Waals surface area (Å²) in [4.78, 5) is 13.9. The Bertz CT molecular complexity index is 692. The van der Waals surface area contributed by atoms with E-state index in [0.717, 1.165) is 17.0 Å². The summed E-state index contributed by atoms with van der Waals surface area (Å²) >= 11 is 5.96. The van der Waals surface area contributed by atoms with Crippen molar-refractivity contribution in [3.05, 3.63) is 71.4 Å². The molecule has 0 radical (unpaired) electrons. The van der Waals surface area contributed by atoms with E-state index in [1.54, 1.807) is 13.2 Å². The molecule has 0 spiro atoms. The molecule has 0 fully saturated rings. The summed E-state index contributed by atoms with van der Waals surface area (Å²) in [5.74, 6) is 0.936. The summed E-state index contributed by atoms with van der Waals surface area (Å²) in [5, 5.41) is 0.696. The van der Waals surface area contributed by atoms with E-state index in [2.05, 4.69) is 4.90 Å². The molecule has 2 aromatic carbocycles. The van der Waals surface area contributed by atoms with Crippen LogP contribution in [0.3, 0.4) is 0 Å². The number of ketones is 1. The molecule has 0 saturated heterocycles. The second-order valence-electron chi connectivity index (χ2n) is 5.16. The third kappa shape index (κ3) is 3.00. The Morgan fingerprint density at radius 3 is 2.41 bits per heavy atom. The molecule has 0 aromatic heterocycles. The fourth-order valence-corrected chi connectivity index (χ4v) is 2.73. The first kappa shape index (κ1) is 14.7. The lowest BCUT2D eigenvalue weighted by Crippen LogP contribution is -2.28. The molecule has 1 aliphatic heterocycles. The van der Waals surface area contributed by atoms with Crippen molar-refractivity contribution in [2.75, 3.05) is 12.0 Å². The number of ether oxygens (including phenoxy) is 1. The number of halogens is 1. The predicted molar refractivity (Wildman–Crippen MR) is 88.4 cm³/mol. The van der Waals surface area contributed by atoms with E-state index < -0.39 is 0 Å². The van der Waals surface area contributed by atoms with Crippen molar-refractivity contribution in [2.45, 2.75) is 12.5 Å². The maximum absolute atomic E-state index is 11.8. The lowest BCUT2D eigenvalue weighted by Gasteiger charge is -2.33. The van der Waals surface area contributed by atoms with Crippen molar-refractivity contribution >= 4 is 23.1 Å². The van der Waals surface area contributed by atoms with E-state index in [4.69, 9.17) is 16.3 Å². The zero-order valence-corrected chi connectivity index (χ0v) is 13.0. The molecule has 1 heterocycles. The highest BCUT2D eigenvalue weighted by Crippen LogP contribution is 2.34. The van der Waals surface area contributed by atoms with Crippen molar-refractivity contribution in [1.29, 1.82) is 0 Å². The number of rotatable bonds is 3. The van der Waals surface area contributed by atoms with Gasteiger partial charge in [0, 0.05) is 23.3 Å². The Labute approximate surface area is 134 Å². The van der Waals surface area contributed by atoms with E-state index >= 15 is 0 Å². The zero-order valence-electron chi connectivity index (χ0n) is 12.2. The lowest BCUT2D eigenvalue weighted by atomic mass is 9.96. The summed E-state index contributed by atoms with van der Waals surface area (Å²) in [6.45, 7) is 0. The van der Waals surface area contributed by atoms with Gasteiger partial charge in [0.1, 0.15) is 5.75 Å². The fraction of sp³-hybridized carbons (Fsp3) is 0.167. The van der Waals surface area contributed by atoms with Crippen LogP contribution in [0.15, 0.2) is 60.8 Å². The smallest absolute Gasteiger partial charge is 0.159 e. The van der Waals surface area contributed by atoms with Crippen LogP contribution in [0.2, 0.25) is 5.02 Å². The lowest BCUT2D eigenvalue weighted by molar-refractivity contribution is -0.115. The molecule has 0 amide bonds. The van der Waals surface area contributed by atoms with Gasteiger partial charge < -0.3 is 9.64 Å². The van der Waals surface area contributed by atoms with Gasteiger partial charge in [0.15, 0.2) is 5.78 Å². The van der Waals surface area contributed by atoms with Gasteiger partial charge in [-0.15, -0.1) is 0 Å². The number of carbonyl (C=O) groups is 1. The molecule has 112 valence electrons. The Morgan fingerprint density at radius 1 is 1.09 bits per heavy atom. The van der Waals surface area contributed by atoms with Crippen molar-refractivity contribution in [2.24, 2.45) is 0 Å². The minimum Gasteiger partial charge on any atom is -0.497 e. The van der Waals surface area contributed by atoms with Gasteiger partial charge in [-0.2, -0.15) is 0 Å². The van der Waals surface area contributed by atoms with Crippen LogP contribution in [-0.2, 0) is 4.79 Å². The molecule has 0 aliphatic carbocycles. The van der Waals surface area contributed by atoms with Crippen molar-refractivity contribution in [3.8, 4) is 5.75 Å². The number of benzene rings is 2. The highest BCUT2D eigenvalue weighted by molar-refractivity contribution is 6.30. The molecule has 1 atom stereocenters. The quantitative estimate of drug-likeness (QED) is 0.842. The van der Waals surface area contributed by atoms with Gasteiger partial charge in [-0.05, 0) is 48.0 Å². The van der Waals surface area contributed by atoms with Crippen LogP contribution in [0.4, 0.5) is 5.69 Å². The minimum absolute atomic E-state index is 0.0235. The van der Waals surface area contributed by atoms with Gasteiger partial charge >= 0.3 is 0 Å². The first-order chi connectivity index (χ1) is 10.7. The van der Waals surface area contributed by atoms with Crippen LogP contribution >= 0.6 is 11.6 Å². The maximum atomic E-state index is 11.8. The Kier molecular flexibility index (Phi) is 4.16. The number of nitrogens with zero attached hydrogens (tertiary/aromatic N) is 1. The van der Waals surface area contributed by atoms with E-state index in [0.29, 0.717) is 11.4 Å². The van der Waals surface area contributed by atoms with Crippen LogP contribution in [0.25, 0.3) is 0 Å². The van der Waals surface area contributed by atoms with E-state index in [1.807, 2.05) is 54.7 Å². The molecular formula is C18H16ClNO2. The van der Waals surface area contributed by atoms with Gasteiger partial charge in [0.2, 0.25) is 0 Å². The van der Waals surface area contributed by atoms with Crippen LogP contribution < -0.4 is 9.64 Å². The highest BCUT2D eigenvalue weighted by Gasteiger charge is 2.25. The first-order valence-electron chi connectivity index (χ1n) is 7.06. The summed E-state index contributed by atoms with van der Waals surface area (Å²) < 4.78 is 5.19. The molecule has 0 N–H and O–H groups in total. The Hall–Kier alpha value is -2.26. The second-order valence-corrected chi connectivity index (χ2v) is 5.60. The van der Waals surface area contributed by atoms with Gasteiger partial charge in [0.05, 0.1) is 13.2 Å². The molecule has 2 aromatic rings. The number of anilines is 1. The number of allylic oxidation sites excluding steroid dienone is 1. The van der Waals surface area contributed by atoms with Gasteiger partial charge in [-0.3, -0.25) is 4.79 Å². The third-order valence-corrected chi connectivity index (χ3v) is 4.03. The largest absolute Gasteiger partial charge is 0.497 e. The summed E-state index contributed by atoms with van der Waals surface area (Å²) in [5.41, 5.74) is 2.09. The van der Waals surface area contributed by atoms with Crippen LogP contribution in [0, 0.1) is 0 Å². The number of carbonyl (C=O) groups excluding carboxylic acids is 1. The standard InChI is InChI=1S/C18H16ClNO2/c1-22-17-8-2-13(3-9-17)18-12-16(21)10-11-20(18)15-6-4-14(19)5-7-15/h2-11,18H,12H2,1H3. The normalized spacial score (nSPS) is 17.6. The van der Waals surface area contributed by atoms with Crippen LogP contribution in [0.5, 0.6) is 5.75 Å². The predicted octanol–water partition coefficient (Wildman–Crippen LogP) is 4.38. The van der Waals surface area contributed by atoms with Crippen molar-refractivity contribution in [1.82, 2.24) is 0 Å². The van der Waals surface area contributed by atoms with Gasteiger partial charge in [-0.25, -0.2) is 0 Å². The number of hydrogen-bond donors (Lipinski definition) is 0. The van der Waals surface area contributed by atoms with E-state index in [9.17, 15) is 4.79 Å². The minimum atomic E-state index is -0.0235.